The third-order valence-corrected chi connectivity index (χ3v) is 4.18. The van der Waals surface area contributed by atoms with Crippen molar-refractivity contribution in [2.24, 2.45) is 0 Å². The second-order valence-electron chi connectivity index (χ2n) is 4.73. The van der Waals surface area contributed by atoms with Gasteiger partial charge in [0.2, 0.25) is 0 Å². The van der Waals surface area contributed by atoms with Crippen LogP contribution in [-0.4, -0.2) is 27.3 Å². The quantitative estimate of drug-likeness (QED) is 0.797. The first-order valence-electron chi connectivity index (χ1n) is 6.66. The first-order chi connectivity index (χ1) is 10.3. The van der Waals surface area contributed by atoms with Gasteiger partial charge in [0.05, 0.1) is 0 Å². The Bertz CT molecular complexity index is 634. The highest BCUT2D eigenvalue weighted by molar-refractivity contribution is 7.99. The predicted octanol–water partition coefficient (Wildman–Crippen LogP) is 3.26. The van der Waals surface area contributed by atoms with Crippen molar-refractivity contribution in [1.82, 2.24) is 9.97 Å². The Hall–Kier alpha value is -2.20. The third kappa shape index (κ3) is 3.47. The molecule has 1 aliphatic heterocycles. The van der Waals surface area contributed by atoms with Crippen LogP contribution in [-0.2, 0) is 4.79 Å². The molecule has 1 aliphatic rings. The number of nitrogens with zero attached hydrogens (tertiary/aromatic N) is 2. The van der Waals surface area contributed by atoms with Crippen LogP contribution < -0.4 is 0 Å². The van der Waals surface area contributed by atoms with Crippen molar-refractivity contribution in [2.75, 3.05) is 11.5 Å². The van der Waals surface area contributed by atoms with Gasteiger partial charge in [-0.05, 0) is 35.4 Å². The lowest BCUT2D eigenvalue weighted by molar-refractivity contribution is -0.112. The molecule has 0 aliphatic carbocycles. The number of rotatable bonds is 2. The molecule has 0 saturated carbocycles. The summed E-state index contributed by atoms with van der Waals surface area (Å²) in [6.07, 6.45) is 10.9. The van der Waals surface area contributed by atoms with E-state index in [2.05, 4.69) is 9.97 Å². The fourth-order valence-electron chi connectivity index (χ4n) is 2.15. The lowest BCUT2D eigenvalue weighted by atomic mass is 10.0. The molecule has 4 heteroatoms. The predicted molar refractivity (Wildman–Crippen MR) is 86.8 cm³/mol. The van der Waals surface area contributed by atoms with Crippen LogP contribution in [0.15, 0.2) is 60.2 Å². The Morgan fingerprint density at radius 3 is 1.86 bits per heavy atom. The summed E-state index contributed by atoms with van der Waals surface area (Å²) < 4.78 is 0. The van der Waals surface area contributed by atoms with Crippen molar-refractivity contribution in [2.45, 2.75) is 0 Å². The lowest BCUT2D eigenvalue weighted by Crippen LogP contribution is -2.16. The number of hydrogen-bond acceptors (Lipinski definition) is 4. The summed E-state index contributed by atoms with van der Waals surface area (Å²) >= 11 is 1.76. The monoisotopic (exact) mass is 294 g/mol. The molecule has 0 radical (unpaired) electrons. The Kier molecular flexibility index (Phi) is 4.26. The summed E-state index contributed by atoms with van der Waals surface area (Å²) in [5, 5.41) is 0. The zero-order chi connectivity index (χ0) is 14.5. The fraction of sp³-hybridized carbons (Fsp3) is 0.118. The maximum atomic E-state index is 12.5. The normalized spacial score (nSPS) is 19.1. The Morgan fingerprint density at radius 2 is 1.43 bits per heavy atom. The van der Waals surface area contributed by atoms with Gasteiger partial charge in [-0.25, -0.2) is 0 Å². The van der Waals surface area contributed by atoms with Crippen LogP contribution >= 0.6 is 11.8 Å². The second-order valence-corrected chi connectivity index (χ2v) is 5.72. The van der Waals surface area contributed by atoms with Crippen LogP contribution in [0.25, 0.3) is 12.2 Å². The highest BCUT2D eigenvalue weighted by atomic mass is 32.2. The van der Waals surface area contributed by atoms with Crippen LogP contribution in [0.3, 0.4) is 0 Å². The summed E-state index contributed by atoms with van der Waals surface area (Å²) in [6, 6.07) is 7.66. The van der Waals surface area contributed by atoms with Gasteiger partial charge in [0.15, 0.2) is 5.78 Å². The third-order valence-electron chi connectivity index (χ3n) is 3.15. The number of hydrogen-bond donors (Lipinski definition) is 0. The molecule has 0 bridgehead atoms. The average Bonchev–Trinajstić information content (AvgIpc) is 2.53. The van der Waals surface area contributed by atoms with Crippen molar-refractivity contribution in [1.29, 1.82) is 0 Å². The molecule has 0 atom stereocenters. The van der Waals surface area contributed by atoms with Crippen molar-refractivity contribution in [3.8, 4) is 0 Å². The van der Waals surface area contributed by atoms with Crippen molar-refractivity contribution in [3.05, 3.63) is 71.3 Å². The van der Waals surface area contributed by atoms with Gasteiger partial charge in [0.25, 0.3) is 0 Å². The van der Waals surface area contributed by atoms with Crippen LogP contribution in [0.5, 0.6) is 0 Å². The number of pyridine rings is 2. The number of thioether (sulfide) groups is 1. The molecule has 3 rings (SSSR count). The van der Waals surface area contributed by atoms with Crippen LogP contribution in [0.2, 0.25) is 0 Å². The van der Waals surface area contributed by atoms with Crippen molar-refractivity contribution >= 4 is 29.7 Å². The number of aromatic nitrogens is 2. The topological polar surface area (TPSA) is 42.9 Å². The minimum Gasteiger partial charge on any atom is -0.289 e. The van der Waals surface area contributed by atoms with Gasteiger partial charge in [-0.15, -0.1) is 0 Å². The van der Waals surface area contributed by atoms with Gasteiger partial charge in [-0.1, -0.05) is 12.1 Å². The molecule has 0 N–H and O–H groups in total. The molecule has 0 spiro atoms. The van der Waals surface area contributed by atoms with Crippen LogP contribution in [0.4, 0.5) is 0 Å². The van der Waals surface area contributed by atoms with E-state index in [1.54, 1.807) is 36.5 Å². The summed E-state index contributed by atoms with van der Waals surface area (Å²) in [6.45, 7) is 0. The molecule has 1 fully saturated rings. The van der Waals surface area contributed by atoms with Crippen LogP contribution in [0, 0.1) is 0 Å². The average molecular weight is 294 g/mol. The lowest BCUT2D eigenvalue weighted by Gasteiger charge is -2.16. The van der Waals surface area contributed by atoms with E-state index in [0.29, 0.717) is 0 Å². The SMILES string of the molecule is O=C1/C(=C/c2cccnc2)CSC/C1=C\c1cccnc1. The standard InChI is InChI=1S/C17H14N2OS/c20-17-15(7-13-3-1-5-18-9-13)11-21-12-16(17)8-14-4-2-6-19-10-14/h1-10H,11-12H2/b15-7+,16-8+. The van der Waals surface area contributed by atoms with Gasteiger partial charge < -0.3 is 0 Å². The molecule has 21 heavy (non-hydrogen) atoms. The Balaban J connectivity index is 1.88. The second kappa shape index (κ2) is 6.50. The smallest absolute Gasteiger partial charge is 0.186 e. The summed E-state index contributed by atoms with van der Waals surface area (Å²) in [5.74, 6) is 1.62. The summed E-state index contributed by atoms with van der Waals surface area (Å²) in [5.41, 5.74) is 3.58. The largest absolute Gasteiger partial charge is 0.289 e. The van der Waals surface area contributed by atoms with Gasteiger partial charge in [0.1, 0.15) is 0 Å². The molecule has 1 saturated heterocycles. The number of Topliss-reactive ketones (excluding diaryl/α,β-unsaturated/α-hetero) is 1. The minimum atomic E-state index is 0.126. The zero-order valence-corrected chi connectivity index (χ0v) is 12.2. The van der Waals surface area contributed by atoms with E-state index in [1.165, 1.54) is 0 Å². The summed E-state index contributed by atoms with van der Waals surface area (Å²) in [4.78, 5) is 20.7. The molecule has 3 heterocycles. The Labute approximate surface area is 127 Å². The first-order valence-corrected chi connectivity index (χ1v) is 7.82. The first kappa shape index (κ1) is 13.8. The van der Waals surface area contributed by atoms with Crippen molar-refractivity contribution < 1.29 is 4.79 Å². The van der Waals surface area contributed by atoms with Gasteiger partial charge in [-0.3, -0.25) is 14.8 Å². The van der Waals surface area contributed by atoms with Crippen LogP contribution in [0.1, 0.15) is 11.1 Å². The fourth-order valence-corrected chi connectivity index (χ4v) is 3.12. The van der Waals surface area contributed by atoms with Gasteiger partial charge in [-0.2, -0.15) is 11.8 Å². The maximum absolute atomic E-state index is 12.5. The van der Waals surface area contributed by atoms with E-state index < -0.39 is 0 Å². The van der Waals surface area contributed by atoms with E-state index in [0.717, 1.165) is 33.8 Å². The number of ketones is 1. The van der Waals surface area contributed by atoms with E-state index in [4.69, 9.17) is 0 Å². The van der Waals surface area contributed by atoms with Crippen molar-refractivity contribution in [3.63, 3.8) is 0 Å². The van der Waals surface area contributed by atoms with E-state index in [1.807, 2.05) is 36.4 Å². The van der Waals surface area contributed by atoms with E-state index in [9.17, 15) is 4.79 Å². The highest BCUT2D eigenvalue weighted by Crippen LogP contribution is 2.26. The molecular formula is C17H14N2OS. The van der Waals surface area contributed by atoms with E-state index in [-0.39, 0.29) is 5.78 Å². The summed E-state index contributed by atoms with van der Waals surface area (Å²) in [7, 11) is 0. The minimum absolute atomic E-state index is 0.126. The Morgan fingerprint density at radius 1 is 0.905 bits per heavy atom. The highest BCUT2D eigenvalue weighted by Gasteiger charge is 2.20. The molecule has 104 valence electrons. The molecule has 0 unspecified atom stereocenters. The van der Waals surface area contributed by atoms with Gasteiger partial charge >= 0.3 is 0 Å². The molecule has 0 amide bonds. The van der Waals surface area contributed by atoms with Gasteiger partial charge in [0, 0.05) is 47.4 Å². The zero-order valence-electron chi connectivity index (χ0n) is 11.4. The molecule has 3 nitrogen and oxygen atoms in total. The number of carbonyl (C=O) groups is 1. The maximum Gasteiger partial charge on any atom is 0.186 e. The number of carbonyl (C=O) groups excluding carboxylic acids is 1. The molecule has 2 aromatic heterocycles. The van der Waals surface area contributed by atoms with E-state index >= 15 is 0 Å². The molecular weight excluding hydrogens is 280 g/mol. The molecule has 2 aromatic rings. The molecule has 0 aromatic carbocycles.